The lowest BCUT2D eigenvalue weighted by Crippen LogP contribution is -2.02. The van der Waals surface area contributed by atoms with Gasteiger partial charge in [-0.25, -0.2) is 4.79 Å². The van der Waals surface area contributed by atoms with Crippen molar-refractivity contribution < 1.29 is 9.53 Å². The second kappa shape index (κ2) is 4.27. The number of rotatable bonds is 2. The van der Waals surface area contributed by atoms with E-state index in [0.717, 1.165) is 5.69 Å². The highest BCUT2D eigenvalue weighted by Gasteiger charge is 2.04. The van der Waals surface area contributed by atoms with Crippen molar-refractivity contribution in [2.75, 3.05) is 7.11 Å². The molecule has 0 fully saturated rings. The maximum absolute atomic E-state index is 11.0. The molecular formula is C10H9NO2. The van der Waals surface area contributed by atoms with Gasteiger partial charge >= 0.3 is 5.97 Å². The molecule has 0 atom stereocenters. The van der Waals surface area contributed by atoms with Gasteiger partial charge in [0.2, 0.25) is 0 Å². The number of pyridine rings is 1. The first-order valence-corrected chi connectivity index (χ1v) is 3.74. The van der Waals surface area contributed by atoms with Crippen LogP contribution >= 0.6 is 0 Å². The highest BCUT2D eigenvalue weighted by Crippen LogP contribution is 2.01. The second-order valence-electron chi connectivity index (χ2n) is 2.41. The molecule has 1 aromatic rings. The Bertz CT molecular complexity index is 335. The van der Waals surface area contributed by atoms with Crippen molar-refractivity contribution in [1.82, 2.24) is 4.98 Å². The Kier molecular flexibility index (Phi) is 3.04. The molecule has 13 heavy (non-hydrogen) atoms. The van der Waals surface area contributed by atoms with Crippen LogP contribution < -0.4 is 0 Å². The molecule has 0 aromatic carbocycles. The van der Waals surface area contributed by atoms with Crippen LogP contribution in [0.4, 0.5) is 0 Å². The summed E-state index contributed by atoms with van der Waals surface area (Å²) in [5, 5.41) is 0. The van der Waals surface area contributed by atoms with Crippen molar-refractivity contribution >= 4 is 5.97 Å². The maximum Gasteiger partial charge on any atom is 0.339 e. The van der Waals surface area contributed by atoms with Crippen molar-refractivity contribution in [3.8, 4) is 12.3 Å². The summed E-state index contributed by atoms with van der Waals surface area (Å²) in [7, 11) is 1.33. The lowest BCUT2D eigenvalue weighted by Gasteiger charge is -1.98. The Balaban J connectivity index is 2.82. The zero-order chi connectivity index (χ0) is 9.68. The van der Waals surface area contributed by atoms with E-state index in [1.807, 2.05) is 0 Å². The van der Waals surface area contributed by atoms with Gasteiger partial charge in [0, 0.05) is 6.20 Å². The van der Waals surface area contributed by atoms with E-state index in [-0.39, 0.29) is 5.97 Å². The molecule has 3 heteroatoms. The number of aromatic nitrogens is 1. The van der Waals surface area contributed by atoms with E-state index in [2.05, 4.69) is 15.6 Å². The van der Waals surface area contributed by atoms with Crippen LogP contribution in [0, 0.1) is 12.3 Å². The molecule has 66 valence electrons. The summed E-state index contributed by atoms with van der Waals surface area (Å²) < 4.78 is 4.52. The fraction of sp³-hybridized carbons (Fsp3) is 0.200. The van der Waals surface area contributed by atoms with E-state index in [1.165, 1.54) is 13.3 Å². The average Bonchev–Trinajstić information content (AvgIpc) is 2.18. The van der Waals surface area contributed by atoms with Gasteiger partial charge in [0.25, 0.3) is 0 Å². The van der Waals surface area contributed by atoms with Gasteiger partial charge in [0.1, 0.15) is 0 Å². The number of ether oxygens (including phenoxy) is 1. The smallest absolute Gasteiger partial charge is 0.339 e. The van der Waals surface area contributed by atoms with Gasteiger partial charge in [0.05, 0.1) is 24.8 Å². The highest BCUT2D eigenvalue weighted by atomic mass is 16.5. The normalized spacial score (nSPS) is 8.92. The number of methoxy groups -OCH3 is 1. The molecule has 1 aromatic heterocycles. The molecule has 0 saturated heterocycles. The summed E-state index contributed by atoms with van der Waals surface area (Å²) in [6.45, 7) is 0. The van der Waals surface area contributed by atoms with E-state index >= 15 is 0 Å². The van der Waals surface area contributed by atoms with Crippen molar-refractivity contribution in [2.45, 2.75) is 6.42 Å². The van der Waals surface area contributed by atoms with Crippen LogP contribution in [0.2, 0.25) is 0 Å². The maximum atomic E-state index is 11.0. The summed E-state index contributed by atoms with van der Waals surface area (Å²) in [6, 6.07) is 3.36. The minimum Gasteiger partial charge on any atom is -0.465 e. The first-order valence-electron chi connectivity index (χ1n) is 3.74. The third kappa shape index (κ3) is 2.31. The Morgan fingerprint density at radius 1 is 1.69 bits per heavy atom. The van der Waals surface area contributed by atoms with Crippen molar-refractivity contribution in [3.05, 3.63) is 29.6 Å². The van der Waals surface area contributed by atoms with Gasteiger partial charge in [-0.2, -0.15) is 0 Å². The number of hydrogen-bond donors (Lipinski definition) is 0. The van der Waals surface area contributed by atoms with Crippen LogP contribution in [-0.2, 0) is 11.2 Å². The molecule has 1 rings (SSSR count). The van der Waals surface area contributed by atoms with Crippen LogP contribution in [0.5, 0.6) is 0 Å². The van der Waals surface area contributed by atoms with E-state index in [4.69, 9.17) is 6.42 Å². The van der Waals surface area contributed by atoms with Gasteiger partial charge in [-0.15, -0.1) is 12.3 Å². The number of carbonyl (C=O) groups excluding carboxylic acids is 1. The Morgan fingerprint density at radius 3 is 2.92 bits per heavy atom. The molecule has 3 nitrogen and oxygen atoms in total. The molecule has 0 aliphatic heterocycles. The number of nitrogens with zero attached hydrogens (tertiary/aromatic N) is 1. The molecular weight excluding hydrogens is 166 g/mol. The molecule has 0 unspecified atom stereocenters. The lowest BCUT2D eigenvalue weighted by atomic mass is 10.2. The molecule has 0 aliphatic rings. The number of hydrogen-bond acceptors (Lipinski definition) is 3. The van der Waals surface area contributed by atoms with Crippen molar-refractivity contribution in [2.24, 2.45) is 0 Å². The van der Waals surface area contributed by atoms with Gasteiger partial charge in [-0.3, -0.25) is 4.98 Å². The van der Waals surface area contributed by atoms with Gasteiger partial charge in [-0.05, 0) is 12.1 Å². The summed E-state index contributed by atoms with van der Waals surface area (Å²) in [5.41, 5.74) is 1.21. The predicted molar refractivity (Wildman–Crippen MR) is 48.1 cm³/mol. The molecule has 0 bridgehead atoms. The predicted octanol–water partition coefficient (Wildman–Crippen LogP) is 1.04. The van der Waals surface area contributed by atoms with Gasteiger partial charge < -0.3 is 4.74 Å². The number of carbonyl (C=O) groups is 1. The van der Waals surface area contributed by atoms with Crippen molar-refractivity contribution in [3.63, 3.8) is 0 Å². The number of terminal acetylenes is 1. The van der Waals surface area contributed by atoms with Crippen molar-refractivity contribution in [1.29, 1.82) is 0 Å². The van der Waals surface area contributed by atoms with E-state index in [0.29, 0.717) is 12.0 Å². The fourth-order valence-corrected chi connectivity index (χ4v) is 0.872. The van der Waals surface area contributed by atoms with E-state index in [9.17, 15) is 4.79 Å². The monoisotopic (exact) mass is 175 g/mol. The fourth-order valence-electron chi connectivity index (χ4n) is 0.872. The molecule has 0 amide bonds. The molecule has 0 aliphatic carbocycles. The van der Waals surface area contributed by atoms with Crippen LogP contribution in [0.15, 0.2) is 18.3 Å². The zero-order valence-electron chi connectivity index (χ0n) is 7.28. The molecule has 0 radical (unpaired) electrons. The van der Waals surface area contributed by atoms with Gasteiger partial charge in [-0.1, -0.05) is 0 Å². The molecule has 1 heterocycles. The number of esters is 1. The minimum atomic E-state index is -0.389. The standard InChI is InChI=1S/C10H9NO2/c1-3-4-9-6-5-8(7-11-9)10(12)13-2/h1,5-7H,4H2,2H3. The molecule has 0 spiro atoms. The summed E-state index contributed by atoms with van der Waals surface area (Å²) >= 11 is 0. The molecule has 0 saturated carbocycles. The Labute approximate surface area is 76.8 Å². The van der Waals surface area contributed by atoms with E-state index in [1.54, 1.807) is 12.1 Å². The largest absolute Gasteiger partial charge is 0.465 e. The van der Waals surface area contributed by atoms with Crippen LogP contribution in [0.3, 0.4) is 0 Å². The summed E-state index contributed by atoms with van der Waals surface area (Å²) in [4.78, 5) is 15.0. The zero-order valence-corrected chi connectivity index (χ0v) is 7.28. The van der Waals surface area contributed by atoms with Gasteiger partial charge in [0.15, 0.2) is 0 Å². The first-order chi connectivity index (χ1) is 6.27. The SMILES string of the molecule is C#CCc1ccc(C(=O)OC)cn1. The summed E-state index contributed by atoms with van der Waals surface area (Å²) in [5.74, 6) is 2.08. The first kappa shape index (κ1) is 9.27. The second-order valence-corrected chi connectivity index (χ2v) is 2.41. The Hall–Kier alpha value is -1.82. The third-order valence-corrected chi connectivity index (χ3v) is 1.53. The van der Waals surface area contributed by atoms with E-state index < -0.39 is 0 Å². The average molecular weight is 175 g/mol. The topological polar surface area (TPSA) is 39.2 Å². The molecule has 0 N–H and O–H groups in total. The summed E-state index contributed by atoms with van der Waals surface area (Å²) in [6.07, 6.45) is 7.03. The van der Waals surface area contributed by atoms with Crippen LogP contribution in [0.25, 0.3) is 0 Å². The highest BCUT2D eigenvalue weighted by molar-refractivity contribution is 5.88. The van der Waals surface area contributed by atoms with Crippen LogP contribution in [0.1, 0.15) is 16.1 Å². The quantitative estimate of drug-likeness (QED) is 0.498. The third-order valence-electron chi connectivity index (χ3n) is 1.53. The van der Waals surface area contributed by atoms with Crippen LogP contribution in [-0.4, -0.2) is 18.1 Å². The Morgan fingerprint density at radius 2 is 2.46 bits per heavy atom. The lowest BCUT2D eigenvalue weighted by molar-refractivity contribution is 0.0600. The minimum absolute atomic E-state index is 0.389.